The summed E-state index contributed by atoms with van der Waals surface area (Å²) < 4.78 is 28.1. The molecule has 3 atom stereocenters. The van der Waals surface area contributed by atoms with Crippen molar-refractivity contribution in [1.82, 2.24) is 10.6 Å². The summed E-state index contributed by atoms with van der Waals surface area (Å²) in [5, 5.41) is 5.59. The number of hydrogen-bond donors (Lipinski definition) is 3. The van der Waals surface area contributed by atoms with Crippen LogP contribution >= 0.6 is 7.60 Å². The second kappa shape index (κ2) is 17.3. The fourth-order valence-electron chi connectivity index (χ4n) is 3.92. The molecule has 0 saturated carbocycles. The summed E-state index contributed by atoms with van der Waals surface area (Å²) in [5.74, 6) is -1.67. The average Bonchev–Trinajstić information content (AvgIpc) is 3.42. The Morgan fingerprint density at radius 3 is 2.57 bits per heavy atom. The molecule has 1 amide bonds. The summed E-state index contributed by atoms with van der Waals surface area (Å²) in [4.78, 5) is 47.1. The molecule has 208 valence electrons. The van der Waals surface area contributed by atoms with Crippen molar-refractivity contribution in [3.63, 3.8) is 0 Å². The Hall–Kier alpha value is -2.26. The van der Waals surface area contributed by atoms with Gasteiger partial charge >= 0.3 is 25.6 Å². The van der Waals surface area contributed by atoms with Gasteiger partial charge in [-0.05, 0) is 50.6 Å². The fraction of sp³-hybridized carbons (Fsp3) is 0.654. The molecule has 2 unspecified atom stereocenters. The van der Waals surface area contributed by atoms with E-state index < -0.39 is 37.8 Å². The van der Waals surface area contributed by atoms with Gasteiger partial charge in [-0.3, -0.25) is 9.09 Å². The Morgan fingerprint density at radius 1 is 1.11 bits per heavy atom. The van der Waals surface area contributed by atoms with Gasteiger partial charge in [0.05, 0.1) is 6.16 Å². The number of rotatable bonds is 17. The zero-order valence-corrected chi connectivity index (χ0v) is 22.6. The molecule has 1 heterocycles. The number of nitrogens with one attached hydrogen (secondary N) is 2. The fourth-order valence-corrected chi connectivity index (χ4v) is 5.24. The van der Waals surface area contributed by atoms with Crippen LogP contribution in [0.25, 0.3) is 0 Å². The van der Waals surface area contributed by atoms with Gasteiger partial charge in [0.15, 0.2) is 6.10 Å². The Balaban J connectivity index is 1.79. The standard InChI is InChI=1S/C26H41N2O8P/c1-2-3-4-5-11-19-37(32,33)36-23(25(30)35-24(29)22-15-12-18-27-22)16-9-10-17-28-26(31)34-20-21-13-7-6-8-14-21/h6-8,13-14,22-23,27H,2-5,9-12,15-20H2,1H3,(H,28,31)(H,32,33)/t22-,23?/m0/s1. The first-order valence-electron chi connectivity index (χ1n) is 13.2. The van der Waals surface area contributed by atoms with Crippen molar-refractivity contribution in [3.05, 3.63) is 35.9 Å². The minimum absolute atomic E-state index is 0.0621. The number of ether oxygens (including phenoxy) is 2. The first kappa shape index (κ1) is 31.0. The molecule has 1 aliphatic heterocycles. The molecular formula is C26H41N2O8P. The molecule has 1 aromatic rings. The first-order chi connectivity index (χ1) is 17.8. The second-order valence-electron chi connectivity index (χ2n) is 9.24. The molecule has 3 N–H and O–H groups in total. The van der Waals surface area contributed by atoms with Crippen molar-refractivity contribution in [1.29, 1.82) is 0 Å². The third kappa shape index (κ3) is 13.2. The largest absolute Gasteiger partial charge is 0.445 e. The van der Waals surface area contributed by atoms with Crippen LogP contribution < -0.4 is 10.6 Å². The summed E-state index contributed by atoms with van der Waals surface area (Å²) in [6, 6.07) is 8.73. The molecule has 0 aromatic heterocycles. The lowest BCUT2D eigenvalue weighted by molar-refractivity contribution is -0.166. The van der Waals surface area contributed by atoms with E-state index in [1.807, 2.05) is 30.3 Å². The van der Waals surface area contributed by atoms with Crippen molar-refractivity contribution in [2.45, 2.75) is 89.9 Å². The average molecular weight is 541 g/mol. The SMILES string of the molecule is CCCCCCCP(=O)(O)OC(CCCCNC(=O)OCc1ccccc1)C(=O)OC(=O)[C@@H]1CCCN1. The Labute approximate surface area is 219 Å². The van der Waals surface area contributed by atoms with Crippen LogP contribution in [0.1, 0.15) is 76.7 Å². The van der Waals surface area contributed by atoms with E-state index in [1.165, 1.54) is 0 Å². The monoisotopic (exact) mass is 540 g/mol. The van der Waals surface area contributed by atoms with E-state index >= 15 is 0 Å². The lowest BCUT2D eigenvalue weighted by Crippen LogP contribution is -2.37. The molecule has 1 fully saturated rings. The van der Waals surface area contributed by atoms with E-state index in [0.29, 0.717) is 32.2 Å². The maximum atomic E-state index is 12.7. The highest BCUT2D eigenvalue weighted by Crippen LogP contribution is 2.45. The van der Waals surface area contributed by atoms with E-state index in [4.69, 9.17) is 14.0 Å². The summed E-state index contributed by atoms with van der Waals surface area (Å²) >= 11 is 0. The highest BCUT2D eigenvalue weighted by atomic mass is 31.2. The van der Waals surface area contributed by atoms with Crippen molar-refractivity contribution in [2.75, 3.05) is 19.3 Å². The lowest BCUT2D eigenvalue weighted by atomic mass is 10.1. The molecular weight excluding hydrogens is 499 g/mol. The molecule has 10 nitrogen and oxygen atoms in total. The third-order valence-electron chi connectivity index (χ3n) is 6.02. The van der Waals surface area contributed by atoms with Crippen molar-refractivity contribution >= 4 is 25.6 Å². The normalized spacial score (nSPS) is 17.5. The van der Waals surface area contributed by atoms with Crippen LogP contribution in [0, 0.1) is 0 Å². The predicted octanol–water partition coefficient (Wildman–Crippen LogP) is 4.45. The molecule has 37 heavy (non-hydrogen) atoms. The number of unbranched alkanes of at least 4 members (excludes halogenated alkanes) is 5. The van der Waals surface area contributed by atoms with Gasteiger partial charge in [-0.2, -0.15) is 0 Å². The molecule has 1 saturated heterocycles. The van der Waals surface area contributed by atoms with Crippen LogP contribution in [0.4, 0.5) is 4.79 Å². The number of carbonyl (C=O) groups excluding carboxylic acids is 3. The van der Waals surface area contributed by atoms with Crippen LogP contribution in [-0.2, 0) is 34.8 Å². The number of carbonyl (C=O) groups is 3. The van der Waals surface area contributed by atoms with Crippen LogP contribution in [-0.4, -0.2) is 54.3 Å². The van der Waals surface area contributed by atoms with Gasteiger partial charge < -0.3 is 25.0 Å². The van der Waals surface area contributed by atoms with Crippen LogP contribution in [0.15, 0.2) is 30.3 Å². The van der Waals surface area contributed by atoms with Crippen molar-refractivity contribution < 1.29 is 37.8 Å². The number of amides is 1. The maximum absolute atomic E-state index is 12.7. The van der Waals surface area contributed by atoms with Gasteiger partial charge in [-0.1, -0.05) is 62.9 Å². The quantitative estimate of drug-likeness (QED) is 0.113. The van der Waals surface area contributed by atoms with Gasteiger partial charge in [0.2, 0.25) is 0 Å². The number of benzene rings is 1. The highest BCUT2D eigenvalue weighted by Gasteiger charge is 2.33. The second-order valence-corrected chi connectivity index (χ2v) is 11.2. The van der Waals surface area contributed by atoms with Gasteiger partial charge in [-0.15, -0.1) is 0 Å². The van der Waals surface area contributed by atoms with Crippen molar-refractivity contribution in [2.24, 2.45) is 0 Å². The first-order valence-corrected chi connectivity index (χ1v) is 15.0. The Bertz CT molecular complexity index is 877. The Kier molecular flexibility index (Phi) is 14.5. The number of alkyl carbamates (subject to hydrolysis) is 1. The van der Waals surface area contributed by atoms with E-state index in [2.05, 4.69) is 17.6 Å². The minimum Gasteiger partial charge on any atom is -0.445 e. The third-order valence-corrected chi connectivity index (χ3v) is 7.49. The van der Waals surface area contributed by atoms with Crippen LogP contribution in [0.2, 0.25) is 0 Å². The molecule has 0 radical (unpaired) electrons. The molecule has 0 aliphatic carbocycles. The molecule has 0 bridgehead atoms. The van der Waals surface area contributed by atoms with Gasteiger partial charge in [0.25, 0.3) is 0 Å². The molecule has 11 heteroatoms. The van der Waals surface area contributed by atoms with Gasteiger partial charge in [0, 0.05) is 6.54 Å². The van der Waals surface area contributed by atoms with E-state index in [0.717, 1.165) is 37.7 Å². The molecule has 1 aromatic carbocycles. The predicted molar refractivity (Wildman–Crippen MR) is 139 cm³/mol. The summed E-state index contributed by atoms with van der Waals surface area (Å²) in [7, 11) is -4.05. The zero-order valence-electron chi connectivity index (χ0n) is 21.7. The lowest BCUT2D eigenvalue weighted by Gasteiger charge is -2.20. The smallest absolute Gasteiger partial charge is 0.407 e. The maximum Gasteiger partial charge on any atom is 0.407 e. The summed E-state index contributed by atoms with van der Waals surface area (Å²) in [6.07, 6.45) is 4.73. The van der Waals surface area contributed by atoms with Gasteiger partial charge in [-0.25, -0.2) is 14.4 Å². The van der Waals surface area contributed by atoms with Crippen molar-refractivity contribution in [3.8, 4) is 0 Å². The van der Waals surface area contributed by atoms with Crippen LogP contribution in [0.3, 0.4) is 0 Å². The van der Waals surface area contributed by atoms with Crippen LogP contribution in [0.5, 0.6) is 0 Å². The summed E-state index contributed by atoms with van der Waals surface area (Å²) in [6.45, 7) is 3.19. The minimum atomic E-state index is -4.05. The summed E-state index contributed by atoms with van der Waals surface area (Å²) in [5.41, 5.74) is 0.873. The topological polar surface area (TPSA) is 140 Å². The zero-order chi connectivity index (χ0) is 26.9. The molecule has 2 rings (SSSR count). The number of esters is 2. The van der Waals surface area contributed by atoms with Gasteiger partial charge in [0.1, 0.15) is 12.6 Å². The highest BCUT2D eigenvalue weighted by molar-refractivity contribution is 7.52. The Morgan fingerprint density at radius 2 is 1.86 bits per heavy atom. The molecule has 1 aliphatic rings. The molecule has 0 spiro atoms. The van der Waals surface area contributed by atoms with E-state index in [1.54, 1.807) is 0 Å². The van der Waals surface area contributed by atoms with E-state index in [9.17, 15) is 23.8 Å². The van der Waals surface area contributed by atoms with E-state index in [-0.39, 0.29) is 25.7 Å². The number of hydrogen-bond acceptors (Lipinski definition) is 8.